The molecular weight excluding hydrogens is 791 g/mol. The molecule has 0 saturated carbocycles. The smallest absolute Gasteiger partial charge is 0.324 e. The number of hydrogen-bond donors (Lipinski definition) is 4. The van der Waals surface area contributed by atoms with Crippen molar-refractivity contribution in [2.24, 2.45) is 11.8 Å². The van der Waals surface area contributed by atoms with Crippen LogP contribution in [-0.4, -0.2) is 71.6 Å². The Bertz CT molecular complexity index is 2540. The molecule has 1 spiro atoms. The van der Waals surface area contributed by atoms with Crippen LogP contribution in [0.15, 0.2) is 133 Å². The summed E-state index contributed by atoms with van der Waals surface area (Å²) >= 11 is 0. The van der Waals surface area contributed by atoms with Crippen molar-refractivity contribution in [2.75, 3.05) is 26.1 Å². The third-order valence-corrected chi connectivity index (χ3v) is 12.0. The predicted molar refractivity (Wildman–Crippen MR) is 225 cm³/mol. The van der Waals surface area contributed by atoms with E-state index in [-0.39, 0.29) is 18.7 Å². The second-order valence-electron chi connectivity index (χ2n) is 15.3. The van der Waals surface area contributed by atoms with Crippen molar-refractivity contribution in [3.63, 3.8) is 0 Å². The van der Waals surface area contributed by atoms with Crippen LogP contribution in [0.1, 0.15) is 64.1 Å². The van der Waals surface area contributed by atoms with Gasteiger partial charge >= 0.3 is 17.9 Å². The van der Waals surface area contributed by atoms with Crippen LogP contribution in [-0.2, 0) is 43.6 Å². The highest BCUT2D eigenvalue weighted by molar-refractivity contribution is 6.12. The molecule has 0 aromatic heterocycles. The Labute approximate surface area is 357 Å². The van der Waals surface area contributed by atoms with E-state index in [2.05, 4.69) is 22.5 Å². The number of aromatic hydroxyl groups is 1. The maximum absolute atomic E-state index is 15.3. The van der Waals surface area contributed by atoms with E-state index >= 15 is 9.59 Å². The number of carbonyl (C=O) groups is 5. The predicted octanol–water partition coefficient (Wildman–Crippen LogP) is 5.22. The van der Waals surface area contributed by atoms with Gasteiger partial charge in [0, 0.05) is 24.2 Å². The van der Waals surface area contributed by atoms with Gasteiger partial charge in [-0.3, -0.25) is 28.9 Å². The lowest BCUT2D eigenvalue weighted by molar-refractivity contribution is -0.178. The fraction of sp³-hybridized carbons (Fsp3) is 0.245. The van der Waals surface area contributed by atoms with Gasteiger partial charge in [-0.1, -0.05) is 115 Å². The number of phenols is 1. The fourth-order valence-corrected chi connectivity index (χ4v) is 9.23. The molecule has 3 aliphatic rings. The highest BCUT2D eigenvalue weighted by atomic mass is 16.6. The number of aliphatic hydroxyl groups is 1. The number of amides is 2. The van der Waals surface area contributed by atoms with Crippen molar-refractivity contribution in [3.05, 3.63) is 167 Å². The van der Waals surface area contributed by atoms with E-state index in [0.717, 1.165) is 19.8 Å². The van der Waals surface area contributed by atoms with Gasteiger partial charge in [0.1, 0.15) is 23.3 Å². The van der Waals surface area contributed by atoms with Gasteiger partial charge in [-0.05, 0) is 58.1 Å². The summed E-state index contributed by atoms with van der Waals surface area (Å²) in [5.74, 6) is -0.526. The zero-order valence-electron chi connectivity index (χ0n) is 33.8. The van der Waals surface area contributed by atoms with Crippen molar-refractivity contribution < 1.29 is 48.4 Å². The molecule has 8 rings (SSSR count). The molecule has 2 amide bonds. The molecule has 13 heteroatoms. The van der Waals surface area contributed by atoms with Crippen molar-refractivity contribution in [3.8, 4) is 17.6 Å². The number of nitrogens with zero attached hydrogens (tertiary/aromatic N) is 1. The number of phenolic OH excluding ortho intramolecular Hbond substituents is 1. The lowest BCUT2D eigenvalue weighted by Gasteiger charge is -2.46. The van der Waals surface area contributed by atoms with Crippen LogP contribution in [0, 0.1) is 23.7 Å². The first kappa shape index (κ1) is 41.5. The summed E-state index contributed by atoms with van der Waals surface area (Å²) in [6, 6.07) is 35.6. The standard InChI is InChI=1S/C49H43N3O10/c1-60-45(56)35(46(57)61-2)20-12-13-29-21-26-37-36(27-29)49(48(59)51-37)39(44(55)50-28-38(54)30-14-6-3-7-15-30)41-47(58)62-42(32-18-10-5-11-19-32)40(31-16-8-4-9-17-31)52(41)43(49)33-22-24-34(53)25-23-33/h3-11,14-19,21-27,35,38-43,53-54H,20,28H2,1-2H3,(H,50,55)(H,51,59)/t38-,39+,40+,41+,42-,43-,49+/m0/s1. The number of rotatable bonds is 10. The van der Waals surface area contributed by atoms with Gasteiger partial charge in [-0.15, -0.1) is 0 Å². The van der Waals surface area contributed by atoms with Crippen LogP contribution in [0.5, 0.6) is 5.75 Å². The maximum atomic E-state index is 15.3. The lowest BCUT2D eigenvalue weighted by Crippen LogP contribution is -2.55. The van der Waals surface area contributed by atoms with Gasteiger partial charge in [0.05, 0.1) is 38.3 Å². The molecule has 5 aromatic carbocycles. The first-order valence-corrected chi connectivity index (χ1v) is 20.1. The third-order valence-electron chi connectivity index (χ3n) is 12.0. The van der Waals surface area contributed by atoms with Crippen LogP contribution < -0.4 is 10.6 Å². The lowest BCUT2D eigenvalue weighted by atomic mass is 9.65. The molecule has 2 saturated heterocycles. The highest BCUT2D eigenvalue weighted by Crippen LogP contribution is 2.64. The molecule has 0 aliphatic carbocycles. The number of esters is 3. The Balaban J connectivity index is 1.34. The van der Waals surface area contributed by atoms with E-state index in [0.29, 0.717) is 33.5 Å². The van der Waals surface area contributed by atoms with Crippen molar-refractivity contribution >= 4 is 35.4 Å². The van der Waals surface area contributed by atoms with Gasteiger partial charge in [-0.25, -0.2) is 0 Å². The first-order chi connectivity index (χ1) is 30.1. The first-order valence-electron chi connectivity index (χ1n) is 20.1. The van der Waals surface area contributed by atoms with Gasteiger partial charge in [0.15, 0.2) is 5.92 Å². The molecule has 3 heterocycles. The Kier molecular flexibility index (Phi) is 11.6. The molecule has 5 aromatic rings. The van der Waals surface area contributed by atoms with E-state index in [1.54, 1.807) is 60.7 Å². The molecule has 314 valence electrons. The minimum Gasteiger partial charge on any atom is -0.508 e. The number of fused-ring (bicyclic) bond motifs is 3. The Morgan fingerprint density at radius 2 is 1.42 bits per heavy atom. The molecule has 0 bridgehead atoms. The topological polar surface area (TPSA) is 181 Å². The van der Waals surface area contributed by atoms with E-state index in [1.807, 2.05) is 65.6 Å². The van der Waals surface area contributed by atoms with Crippen molar-refractivity contribution in [1.29, 1.82) is 0 Å². The number of ether oxygens (including phenoxy) is 3. The maximum Gasteiger partial charge on any atom is 0.324 e. The summed E-state index contributed by atoms with van der Waals surface area (Å²) in [4.78, 5) is 72.3. The molecule has 0 radical (unpaired) electrons. The van der Waals surface area contributed by atoms with Crippen molar-refractivity contribution in [1.82, 2.24) is 10.2 Å². The monoisotopic (exact) mass is 833 g/mol. The molecule has 4 N–H and O–H groups in total. The second kappa shape index (κ2) is 17.4. The van der Waals surface area contributed by atoms with E-state index in [1.165, 1.54) is 12.1 Å². The highest BCUT2D eigenvalue weighted by Gasteiger charge is 2.74. The van der Waals surface area contributed by atoms with Crippen molar-refractivity contribution in [2.45, 2.75) is 42.2 Å². The zero-order chi connectivity index (χ0) is 43.5. The quantitative estimate of drug-likeness (QED) is 0.0628. The second-order valence-corrected chi connectivity index (χ2v) is 15.3. The SMILES string of the molecule is COC(=O)C(CC#Cc1ccc2c(c1)[C@]1(C(=O)N2)[C@H](c2ccc(O)cc2)N2[C@H](c3ccccc3)[C@H](c3ccccc3)OC(=O)[C@H]2[C@@H]1C(=O)NC[C@H](O)c1ccccc1)C(=O)OC. The Morgan fingerprint density at radius 1 is 0.806 bits per heavy atom. The number of nitrogens with one attached hydrogen (secondary N) is 2. The van der Waals surface area contributed by atoms with Crippen LogP contribution in [0.4, 0.5) is 5.69 Å². The number of aliphatic hydroxyl groups excluding tert-OH is 1. The number of anilines is 1. The fourth-order valence-electron chi connectivity index (χ4n) is 9.23. The van der Waals surface area contributed by atoms with Gasteiger partial charge in [0.2, 0.25) is 11.8 Å². The van der Waals surface area contributed by atoms with Crippen LogP contribution in [0.25, 0.3) is 0 Å². The summed E-state index contributed by atoms with van der Waals surface area (Å²) in [7, 11) is 2.31. The molecule has 62 heavy (non-hydrogen) atoms. The molecule has 2 fully saturated rings. The number of carbonyl (C=O) groups excluding carboxylic acids is 5. The molecular formula is C49H43N3O10. The number of benzene rings is 5. The molecule has 7 atom stereocenters. The number of methoxy groups -OCH3 is 2. The van der Waals surface area contributed by atoms with Crippen LogP contribution in [0.2, 0.25) is 0 Å². The molecule has 13 nitrogen and oxygen atoms in total. The number of morpholine rings is 1. The van der Waals surface area contributed by atoms with E-state index in [4.69, 9.17) is 14.2 Å². The summed E-state index contributed by atoms with van der Waals surface area (Å²) < 4.78 is 16.0. The average Bonchev–Trinajstić information content (AvgIpc) is 3.78. The summed E-state index contributed by atoms with van der Waals surface area (Å²) in [6.45, 7) is -0.239. The molecule has 3 aliphatic heterocycles. The minimum atomic E-state index is -1.87. The summed E-state index contributed by atoms with van der Waals surface area (Å²) in [5.41, 5.74) is 1.77. The minimum absolute atomic E-state index is 0.0348. The Hall–Kier alpha value is -7.27. The number of hydrogen-bond acceptors (Lipinski definition) is 11. The molecule has 0 unspecified atom stereocenters. The van der Waals surface area contributed by atoms with Crippen LogP contribution >= 0.6 is 0 Å². The average molecular weight is 834 g/mol. The van der Waals surface area contributed by atoms with Gasteiger partial charge in [0.25, 0.3) is 0 Å². The van der Waals surface area contributed by atoms with Gasteiger partial charge < -0.3 is 35.1 Å². The number of cyclic esters (lactones) is 1. The summed E-state index contributed by atoms with van der Waals surface area (Å²) in [6.07, 6.45) is -2.24. The Morgan fingerprint density at radius 3 is 2.05 bits per heavy atom. The third kappa shape index (κ3) is 7.33. The van der Waals surface area contributed by atoms with E-state index in [9.17, 15) is 24.6 Å². The normalized spacial score (nSPS) is 22.9. The van der Waals surface area contributed by atoms with Gasteiger partial charge in [-0.2, -0.15) is 0 Å². The van der Waals surface area contributed by atoms with E-state index < -0.39 is 77.3 Å². The largest absolute Gasteiger partial charge is 0.508 e. The van der Waals surface area contributed by atoms with Crippen LogP contribution in [0.3, 0.4) is 0 Å². The summed E-state index contributed by atoms with van der Waals surface area (Å²) in [5, 5.41) is 27.7. The zero-order valence-corrected chi connectivity index (χ0v) is 33.8.